The molecule has 0 aliphatic carbocycles. The van der Waals surface area contributed by atoms with Crippen LogP contribution >= 0.6 is 27.7 Å². The number of nitrogens with zero attached hydrogens (tertiary/aromatic N) is 2. The summed E-state index contributed by atoms with van der Waals surface area (Å²) in [4.78, 5) is 44.3. The van der Waals surface area contributed by atoms with E-state index >= 15 is 0 Å². The highest BCUT2D eigenvalue weighted by atomic mass is 79.9. The smallest absolute Gasteiger partial charge is 0.310 e. The summed E-state index contributed by atoms with van der Waals surface area (Å²) in [5.74, 6) is -1.90. The van der Waals surface area contributed by atoms with Crippen LogP contribution in [-0.4, -0.2) is 86.4 Å². The fourth-order valence-corrected chi connectivity index (χ4v) is 9.45. The molecule has 9 heteroatoms. The third-order valence-corrected chi connectivity index (χ3v) is 10.6. The lowest BCUT2D eigenvalue weighted by atomic mass is 9.71. The molecule has 35 heavy (non-hydrogen) atoms. The molecule has 3 aliphatic rings. The van der Waals surface area contributed by atoms with Crippen molar-refractivity contribution < 1.29 is 24.2 Å². The van der Waals surface area contributed by atoms with Crippen LogP contribution in [0.2, 0.25) is 0 Å². The van der Waals surface area contributed by atoms with Crippen molar-refractivity contribution in [2.45, 2.75) is 72.7 Å². The zero-order chi connectivity index (χ0) is 25.6. The van der Waals surface area contributed by atoms with E-state index in [1.165, 1.54) is 4.90 Å². The first-order valence-electron chi connectivity index (χ1n) is 12.8. The van der Waals surface area contributed by atoms with Gasteiger partial charge in [0.25, 0.3) is 0 Å². The van der Waals surface area contributed by atoms with Crippen LogP contribution < -0.4 is 0 Å². The lowest BCUT2D eigenvalue weighted by Crippen LogP contribution is -2.55. The number of fused-ring (bicyclic) bond motifs is 1. The molecule has 1 N–H and O–H groups in total. The van der Waals surface area contributed by atoms with Gasteiger partial charge in [0.05, 0.1) is 29.8 Å². The number of hydrogen-bond donors (Lipinski definition) is 1. The molecule has 3 fully saturated rings. The number of likely N-dealkylation sites (tertiary alicyclic amines) is 1. The summed E-state index contributed by atoms with van der Waals surface area (Å²) >= 11 is 5.35. The number of alkyl halides is 1. The van der Waals surface area contributed by atoms with Gasteiger partial charge < -0.3 is 19.6 Å². The molecule has 0 saturated carbocycles. The third-order valence-electron chi connectivity index (χ3n) is 7.38. The van der Waals surface area contributed by atoms with Crippen molar-refractivity contribution in [1.29, 1.82) is 0 Å². The Hall–Kier alpha value is -1.32. The van der Waals surface area contributed by atoms with Crippen LogP contribution in [0.4, 0.5) is 0 Å². The van der Waals surface area contributed by atoms with Gasteiger partial charge in [-0.05, 0) is 32.1 Å². The SMILES string of the molecule is C=CCCCCOC(=O)[C@H]1[C@@H]2SC3(CC2Br)C(C(=O)N(CC=C)CCCCC)N(CCO)C(=O)[C@H]13. The largest absolute Gasteiger partial charge is 0.465 e. The number of carbonyl (C=O) groups is 3. The molecule has 0 radical (unpaired) electrons. The number of carbonyl (C=O) groups excluding carboxylic acids is 3. The van der Waals surface area contributed by atoms with E-state index in [0.717, 1.165) is 38.5 Å². The van der Waals surface area contributed by atoms with Crippen molar-refractivity contribution in [3.63, 3.8) is 0 Å². The van der Waals surface area contributed by atoms with Crippen molar-refractivity contribution in [1.82, 2.24) is 9.80 Å². The molecular formula is C26H39BrN2O5S. The van der Waals surface area contributed by atoms with Crippen LogP contribution in [0.5, 0.6) is 0 Å². The second kappa shape index (κ2) is 12.8. The third kappa shape index (κ3) is 5.52. The molecule has 3 heterocycles. The number of hydrogen-bond acceptors (Lipinski definition) is 6. The van der Waals surface area contributed by atoms with E-state index < -0.39 is 22.6 Å². The molecule has 7 nitrogen and oxygen atoms in total. The highest BCUT2D eigenvalue weighted by molar-refractivity contribution is 9.09. The molecule has 3 rings (SSSR count). The van der Waals surface area contributed by atoms with E-state index in [1.807, 2.05) is 6.08 Å². The number of ether oxygens (including phenoxy) is 1. The molecule has 2 amide bonds. The van der Waals surface area contributed by atoms with E-state index in [2.05, 4.69) is 36.0 Å². The Balaban J connectivity index is 1.87. The van der Waals surface area contributed by atoms with Gasteiger partial charge in [-0.25, -0.2) is 0 Å². The molecule has 6 atom stereocenters. The van der Waals surface area contributed by atoms with Crippen molar-refractivity contribution in [3.8, 4) is 0 Å². The Labute approximate surface area is 221 Å². The first-order chi connectivity index (χ1) is 16.9. The minimum Gasteiger partial charge on any atom is -0.465 e. The van der Waals surface area contributed by atoms with E-state index in [-0.39, 0.29) is 41.0 Å². The Kier molecular flexibility index (Phi) is 10.3. The average molecular weight is 572 g/mol. The van der Waals surface area contributed by atoms with Gasteiger partial charge in [-0.1, -0.05) is 47.8 Å². The molecule has 2 bridgehead atoms. The van der Waals surface area contributed by atoms with Crippen LogP contribution in [0, 0.1) is 11.8 Å². The first-order valence-corrected chi connectivity index (χ1v) is 14.6. The molecule has 0 aromatic carbocycles. The second-order valence-corrected chi connectivity index (χ2v) is 12.4. The Morgan fingerprint density at radius 3 is 2.71 bits per heavy atom. The number of aliphatic hydroxyl groups is 1. The maximum absolute atomic E-state index is 14.0. The summed E-state index contributed by atoms with van der Waals surface area (Å²) in [6, 6.07) is -0.714. The first kappa shape index (κ1) is 28.3. The summed E-state index contributed by atoms with van der Waals surface area (Å²) in [5, 5.41) is 9.63. The van der Waals surface area contributed by atoms with E-state index in [0.29, 0.717) is 26.1 Å². The van der Waals surface area contributed by atoms with Gasteiger partial charge in [0.15, 0.2) is 0 Å². The Bertz CT molecular complexity index is 811. The second-order valence-electron chi connectivity index (χ2n) is 9.65. The number of thioether (sulfide) groups is 1. The van der Waals surface area contributed by atoms with Crippen LogP contribution in [0.3, 0.4) is 0 Å². The fraction of sp³-hybridized carbons (Fsp3) is 0.731. The molecule has 0 aromatic rings. The van der Waals surface area contributed by atoms with Crippen molar-refractivity contribution in [3.05, 3.63) is 25.3 Å². The van der Waals surface area contributed by atoms with E-state index in [9.17, 15) is 19.5 Å². The van der Waals surface area contributed by atoms with Gasteiger partial charge >= 0.3 is 5.97 Å². The topological polar surface area (TPSA) is 87.2 Å². The molecule has 3 aliphatic heterocycles. The van der Waals surface area contributed by atoms with Gasteiger partial charge in [-0.15, -0.1) is 24.9 Å². The number of rotatable bonds is 15. The van der Waals surface area contributed by atoms with Crippen LogP contribution in [0.1, 0.15) is 51.9 Å². The zero-order valence-corrected chi connectivity index (χ0v) is 23.1. The van der Waals surface area contributed by atoms with Crippen LogP contribution in [0.25, 0.3) is 0 Å². The molecule has 3 saturated heterocycles. The summed E-state index contributed by atoms with van der Waals surface area (Å²) in [6.45, 7) is 10.8. The molecule has 3 unspecified atom stereocenters. The van der Waals surface area contributed by atoms with Crippen LogP contribution in [0.15, 0.2) is 25.3 Å². The number of unbranched alkanes of at least 4 members (excludes halogenated alkanes) is 4. The monoisotopic (exact) mass is 570 g/mol. The standard InChI is InChI=1S/C26H39BrN2O5S/c1-4-7-9-11-16-34-25(33)19-20-23(31)29(14-15-30)22(26(20)17-18(27)21(19)35-26)24(32)28(12-6-3)13-10-8-5-2/h4,6,18-22,30H,1,3,5,7-17H2,2H3/t18?,19-,20+,21-,22?,26?/m1/s1. The summed E-state index contributed by atoms with van der Waals surface area (Å²) in [5.41, 5.74) is 0. The normalized spacial score (nSPS) is 30.9. The Morgan fingerprint density at radius 1 is 1.29 bits per heavy atom. The number of halogens is 1. The average Bonchev–Trinajstić information content (AvgIpc) is 3.42. The predicted molar refractivity (Wildman–Crippen MR) is 142 cm³/mol. The van der Waals surface area contributed by atoms with Gasteiger partial charge in [0.2, 0.25) is 11.8 Å². The van der Waals surface area contributed by atoms with E-state index in [4.69, 9.17) is 4.74 Å². The zero-order valence-electron chi connectivity index (χ0n) is 20.7. The lowest BCUT2D eigenvalue weighted by Gasteiger charge is -2.37. The quantitative estimate of drug-likeness (QED) is 0.140. The van der Waals surface area contributed by atoms with Gasteiger partial charge in [-0.2, -0.15) is 0 Å². The number of allylic oxidation sites excluding steroid dienone is 1. The van der Waals surface area contributed by atoms with Gasteiger partial charge in [0.1, 0.15) is 6.04 Å². The summed E-state index contributed by atoms with van der Waals surface area (Å²) in [7, 11) is 0. The highest BCUT2D eigenvalue weighted by Crippen LogP contribution is 2.68. The molecule has 0 aromatic heterocycles. The lowest BCUT2D eigenvalue weighted by molar-refractivity contribution is -0.154. The highest BCUT2D eigenvalue weighted by Gasteiger charge is 2.76. The summed E-state index contributed by atoms with van der Waals surface area (Å²) in [6.07, 6.45) is 9.62. The number of β-amino-alcohol motifs (C(OH)–C–C–N with tert-alkyl or cyclic N) is 1. The maximum atomic E-state index is 14.0. The Morgan fingerprint density at radius 2 is 2.06 bits per heavy atom. The van der Waals surface area contributed by atoms with Crippen LogP contribution in [-0.2, 0) is 19.1 Å². The number of esters is 1. The number of amides is 2. The number of aliphatic hydroxyl groups excluding tert-OH is 1. The predicted octanol–water partition coefficient (Wildman–Crippen LogP) is 3.55. The molecular weight excluding hydrogens is 532 g/mol. The van der Waals surface area contributed by atoms with Crippen molar-refractivity contribution in [2.24, 2.45) is 11.8 Å². The molecule has 196 valence electrons. The van der Waals surface area contributed by atoms with Gasteiger partial charge in [-0.3, -0.25) is 14.4 Å². The van der Waals surface area contributed by atoms with Gasteiger partial charge in [0, 0.05) is 29.7 Å². The minimum atomic E-state index is -0.714. The van der Waals surface area contributed by atoms with Crippen molar-refractivity contribution in [2.75, 3.05) is 32.8 Å². The molecule has 1 spiro atoms. The summed E-state index contributed by atoms with van der Waals surface area (Å²) < 4.78 is 4.92. The van der Waals surface area contributed by atoms with Crippen molar-refractivity contribution >= 4 is 45.5 Å². The van der Waals surface area contributed by atoms with E-state index in [1.54, 1.807) is 22.7 Å². The maximum Gasteiger partial charge on any atom is 0.310 e. The minimum absolute atomic E-state index is 0.00666. The fourth-order valence-electron chi connectivity index (χ4n) is 5.86.